The molecule has 0 N–H and O–H groups in total. The van der Waals surface area contributed by atoms with E-state index in [1.54, 1.807) is 0 Å². The van der Waals surface area contributed by atoms with Crippen LogP contribution in [0.2, 0.25) is 0 Å². The van der Waals surface area contributed by atoms with E-state index < -0.39 is 0 Å². The first kappa shape index (κ1) is 8.11. The third-order valence-electron chi connectivity index (χ3n) is 1.59. The standard InChI is InChI=1S/C8H15N3/c1-4-7-11-8(10(2)3)5-6-9-11/h5-6H,4,7H2,1-3H3. The fourth-order valence-corrected chi connectivity index (χ4v) is 1.09. The van der Waals surface area contributed by atoms with Crippen LogP contribution < -0.4 is 4.90 Å². The van der Waals surface area contributed by atoms with Crippen LogP contribution in [0.1, 0.15) is 13.3 Å². The van der Waals surface area contributed by atoms with Crippen LogP contribution in [0.5, 0.6) is 0 Å². The van der Waals surface area contributed by atoms with Crippen LogP contribution in [0.3, 0.4) is 0 Å². The number of hydrogen-bond acceptors (Lipinski definition) is 2. The van der Waals surface area contributed by atoms with Gasteiger partial charge < -0.3 is 4.90 Å². The lowest BCUT2D eigenvalue weighted by molar-refractivity contribution is 0.601. The average Bonchev–Trinajstić information content (AvgIpc) is 2.36. The summed E-state index contributed by atoms with van der Waals surface area (Å²) in [6, 6.07) is 2.02. The third-order valence-corrected chi connectivity index (χ3v) is 1.59. The second-order valence-electron chi connectivity index (χ2n) is 2.81. The smallest absolute Gasteiger partial charge is 0.126 e. The molecule has 0 saturated carbocycles. The molecule has 3 nitrogen and oxygen atoms in total. The molecule has 0 spiro atoms. The number of aromatic nitrogens is 2. The highest BCUT2D eigenvalue weighted by atomic mass is 15.3. The van der Waals surface area contributed by atoms with Crippen LogP contribution in [0.15, 0.2) is 12.3 Å². The van der Waals surface area contributed by atoms with Crippen LogP contribution in [-0.4, -0.2) is 23.9 Å². The minimum atomic E-state index is 1.00. The Labute approximate surface area is 67.6 Å². The van der Waals surface area contributed by atoms with Gasteiger partial charge in [-0.25, -0.2) is 4.68 Å². The monoisotopic (exact) mass is 153 g/mol. The van der Waals surface area contributed by atoms with Crippen molar-refractivity contribution in [3.8, 4) is 0 Å². The molecule has 1 rings (SSSR count). The molecule has 0 aliphatic heterocycles. The van der Waals surface area contributed by atoms with Gasteiger partial charge >= 0.3 is 0 Å². The molecule has 0 amide bonds. The summed E-state index contributed by atoms with van der Waals surface area (Å²) < 4.78 is 2.01. The molecular weight excluding hydrogens is 138 g/mol. The van der Waals surface area contributed by atoms with Gasteiger partial charge in [-0.2, -0.15) is 5.10 Å². The van der Waals surface area contributed by atoms with E-state index in [-0.39, 0.29) is 0 Å². The summed E-state index contributed by atoms with van der Waals surface area (Å²) in [5, 5.41) is 4.20. The lowest BCUT2D eigenvalue weighted by atomic mass is 10.5. The van der Waals surface area contributed by atoms with Crippen LogP contribution in [0.4, 0.5) is 5.82 Å². The predicted octanol–water partition coefficient (Wildman–Crippen LogP) is 1.36. The maximum atomic E-state index is 4.20. The summed E-state index contributed by atoms with van der Waals surface area (Å²) in [4.78, 5) is 2.07. The normalized spacial score (nSPS) is 10.1. The first-order valence-corrected chi connectivity index (χ1v) is 3.95. The van der Waals surface area contributed by atoms with Gasteiger partial charge in [0, 0.05) is 26.7 Å². The van der Waals surface area contributed by atoms with Gasteiger partial charge in [0.15, 0.2) is 0 Å². The molecule has 0 aliphatic carbocycles. The Bertz CT molecular complexity index is 215. The Kier molecular flexibility index (Phi) is 2.52. The average molecular weight is 153 g/mol. The molecule has 0 saturated heterocycles. The molecule has 0 aromatic carbocycles. The van der Waals surface area contributed by atoms with Crippen molar-refractivity contribution in [3.63, 3.8) is 0 Å². The molecular formula is C8H15N3. The third kappa shape index (κ3) is 1.73. The summed E-state index contributed by atoms with van der Waals surface area (Å²) in [5.74, 6) is 1.17. The molecule has 1 aromatic heterocycles. The molecule has 0 fully saturated rings. The lowest BCUT2D eigenvalue weighted by Crippen LogP contribution is -2.14. The second-order valence-corrected chi connectivity index (χ2v) is 2.81. The van der Waals surface area contributed by atoms with Gasteiger partial charge in [0.2, 0.25) is 0 Å². The molecule has 11 heavy (non-hydrogen) atoms. The molecule has 0 bridgehead atoms. The summed E-state index contributed by atoms with van der Waals surface area (Å²) in [5.41, 5.74) is 0. The van der Waals surface area contributed by atoms with Gasteiger partial charge in [0.1, 0.15) is 5.82 Å². The molecule has 0 atom stereocenters. The van der Waals surface area contributed by atoms with E-state index in [1.807, 2.05) is 31.0 Å². The Morgan fingerprint density at radius 3 is 2.82 bits per heavy atom. The minimum absolute atomic E-state index is 1.00. The van der Waals surface area contributed by atoms with Gasteiger partial charge in [-0.05, 0) is 6.42 Å². The number of rotatable bonds is 3. The van der Waals surface area contributed by atoms with E-state index in [0.717, 1.165) is 13.0 Å². The molecule has 0 unspecified atom stereocenters. The first-order chi connectivity index (χ1) is 5.25. The molecule has 0 aliphatic rings. The lowest BCUT2D eigenvalue weighted by Gasteiger charge is -2.13. The van der Waals surface area contributed by atoms with E-state index in [9.17, 15) is 0 Å². The van der Waals surface area contributed by atoms with Crippen LogP contribution in [0, 0.1) is 0 Å². The largest absolute Gasteiger partial charge is 0.363 e. The number of anilines is 1. The highest BCUT2D eigenvalue weighted by Gasteiger charge is 2.01. The Morgan fingerprint density at radius 1 is 1.55 bits per heavy atom. The number of nitrogens with zero attached hydrogens (tertiary/aromatic N) is 3. The number of aryl methyl sites for hydroxylation is 1. The van der Waals surface area contributed by atoms with Crippen molar-refractivity contribution in [2.24, 2.45) is 0 Å². The fraction of sp³-hybridized carbons (Fsp3) is 0.625. The zero-order valence-corrected chi connectivity index (χ0v) is 7.41. The van der Waals surface area contributed by atoms with Crippen molar-refractivity contribution in [2.75, 3.05) is 19.0 Å². The molecule has 3 heteroatoms. The van der Waals surface area contributed by atoms with Crippen LogP contribution in [0.25, 0.3) is 0 Å². The van der Waals surface area contributed by atoms with Gasteiger partial charge in [0.05, 0.1) is 6.20 Å². The Hall–Kier alpha value is -0.990. The van der Waals surface area contributed by atoms with E-state index in [2.05, 4.69) is 16.9 Å². The Balaban J connectivity index is 2.78. The Morgan fingerprint density at radius 2 is 2.27 bits per heavy atom. The zero-order chi connectivity index (χ0) is 8.27. The molecule has 1 aromatic rings. The quantitative estimate of drug-likeness (QED) is 0.653. The summed E-state index contributed by atoms with van der Waals surface area (Å²) in [7, 11) is 4.06. The van der Waals surface area contributed by atoms with E-state index in [4.69, 9.17) is 0 Å². The van der Waals surface area contributed by atoms with Crippen LogP contribution in [-0.2, 0) is 6.54 Å². The highest BCUT2D eigenvalue weighted by Crippen LogP contribution is 2.09. The maximum absolute atomic E-state index is 4.20. The van der Waals surface area contributed by atoms with Crippen LogP contribution >= 0.6 is 0 Å². The van der Waals surface area contributed by atoms with Crippen molar-refractivity contribution < 1.29 is 0 Å². The molecule has 1 heterocycles. The van der Waals surface area contributed by atoms with Gasteiger partial charge in [0.25, 0.3) is 0 Å². The van der Waals surface area contributed by atoms with E-state index >= 15 is 0 Å². The highest BCUT2D eigenvalue weighted by molar-refractivity contribution is 5.35. The van der Waals surface area contributed by atoms with Gasteiger partial charge in [-0.15, -0.1) is 0 Å². The second kappa shape index (κ2) is 3.42. The van der Waals surface area contributed by atoms with E-state index in [0.29, 0.717) is 0 Å². The van der Waals surface area contributed by atoms with Crippen molar-refractivity contribution in [1.29, 1.82) is 0 Å². The van der Waals surface area contributed by atoms with Gasteiger partial charge in [-0.1, -0.05) is 6.92 Å². The van der Waals surface area contributed by atoms with Crippen molar-refractivity contribution >= 4 is 5.82 Å². The SMILES string of the molecule is CCCn1nccc1N(C)C. The fourth-order valence-electron chi connectivity index (χ4n) is 1.09. The topological polar surface area (TPSA) is 21.1 Å². The predicted molar refractivity (Wildman–Crippen MR) is 46.8 cm³/mol. The summed E-state index contributed by atoms with van der Waals surface area (Å²) in [6.45, 7) is 3.15. The maximum Gasteiger partial charge on any atom is 0.126 e. The van der Waals surface area contributed by atoms with Crippen molar-refractivity contribution in [2.45, 2.75) is 19.9 Å². The van der Waals surface area contributed by atoms with Gasteiger partial charge in [-0.3, -0.25) is 0 Å². The van der Waals surface area contributed by atoms with E-state index in [1.165, 1.54) is 5.82 Å². The van der Waals surface area contributed by atoms with Crippen molar-refractivity contribution in [3.05, 3.63) is 12.3 Å². The molecule has 62 valence electrons. The summed E-state index contributed by atoms with van der Waals surface area (Å²) >= 11 is 0. The molecule has 0 radical (unpaired) electrons. The number of hydrogen-bond donors (Lipinski definition) is 0. The van der Waals surface area contributed by atoms with Crippen molar-refractivity contribution in [1.82, 2.24) is 9.78 Å². The first-order valence-electron chi connectivity index (χ1n) is 3.95. The summed E-state index contributed by atoms with van der Waals surface area (Å²) in [6.07, 6.45) is 2.97. The minimum Gasteiger partial charge on any atom is -0.363 e. The zero-order valence-electron chi connectivity index (χ0n) is 7.41.